The van der Waals surface area contributed by atoms with E-state index in [0.717, 1.165) is 29.0 Å². The molecule has 0 aliphatic carbocycles. The third-order valence-corrected chi connectivity index (χ3v) is 6.15. The number of benzene rings is 2. The predicted molar refractivity (Wildman–Crippen MR) is 117 cm³/mol. The number of anilines is 1. The van der Waals surface area contributed by atoms with E-state index in [1.54, 1.807) is 31.2 Å². The summed E-state index contributed by atoms with van der Waals surface area (Å²) in [6.07, 6.45) is 2.87. The third kappa shape index (κ3) is 5.73. The molecule has 1 amide bonds. The molecule has 0 radical (unpaired) electrons. The summed E-state index contributed by atoms with van der Waals surface area (Å²) in [4.78, 5) is 12.8. The van der Waals surface area contributed by atoms with Crippen LogP contribution in [0.2, 0.25) is 0 Å². The largest absolute Gasteiger partial charge is 0.497 e. The molecule has 29 heavy (non-hydrogen) atoms. The lowest BCUT2D eigenvalue weighted by molar-refractivity contribution is -0.122. The van der Waals surface area contributed by atoms with E-state index in [0.29, 0.717) is 18.0 Å². The molecule has 0 fully saturated rings. The molecule has 0 unspecified atom stereocenters. The van der Waals surface area contributed by atoms with Crippen LogP contribution in [0.4, 0.5) is 5.69 Å². The minimum absolute atomic E-state index is 0.357. The number of rotatable bonds is 9. The second-order valence-corrected chi connectivity index (χ2v) is 8.82. The highest BCUT2D eigenvalue weighted by atomic mass is 32.2. The fraction of sp³-hybridized carbons (Fsp3) is 0.409. The minimum atomic E-state index is -3.68. The Balaban J connectivity index is 2.24. The zero-order chi connectivity index (χ0) is 21.6. The topological polar surface area (TPSA) is 75.7 Å². The Labute approximate surface area is 173 Å². The van der Waals surface area contributed by atoms with Gasteiger partial charge in [-0.05, 0) is 48.6 Å². The Hall–Kier alpha value is -2.54. The van der Waals surface area contributed by atoms with Crippen molar-refractivity contribution in [1.29, 1.82) is 0 Å². The van der Waals surface area contributed by atoms with Crippen LogP contribution < -0.4 is 14.4 Å². The van der Waals surface area contributed by atoms with E-state index in [1.165, 1.54) is 18.2 Å². The van der Waals surface area contributed by atoms with Gasteiger partial charge >= 0.3 is 0 Å². The Morgan fingerprint density at radius 3 is 2.41 bits per heavy atom. The first-order valence-corrected chi connectivity index (χ1v) is 11.6. The van der Waals surface area contributed by atoms with Crippen molar-refractivity contribution in [3.63, 3.8) is 0 Å². The summed E-state index contributed by atoms with van der Waals surface area (Å²) < 4.78 is 31.2. The van der Waals surface area contributed by atoms with E-state index in [4.69, 9.17) is 4.74 Å². The third-order valence-electron chi connectivity index (χ3n) is 4.91. The molecule has 2 aromatic carbocycles. The smallest absolute Gasteiger partial charge is 0.243 e. The van der Waals surface area contributed by atoms with E-state index >= 15 is 0 Å². The van der Waals surface area contributed by atoms with Gasteiger partial charge in [-0.2, -0.15) is 0 Å². The Morgan fingerprint density at radius 1 is 1.10 bits per heavy atom. The van der Waals surface area contributed by atoms with Crippen molar-refractivity contribution in [2.45, 2.75) is 46.2 Å². The summed E-state index contributed by atoms with van der Waals surface area (Å²) in [6.45, 7) is 6.10. The summed E-state index contributed by atoms with van der Waals surface area (Å²) >= 11 is 0. The molecule has 0 aliphatic heterocycles. The van der Waals surface area contributed by atoms with Crippen LogP contribution in [0.3, 0.4) is 0 Å². The van der Waals surface area contributed by atoms with E-state index in [2.05, 4.69) is 37.4 Å². The van der Waals surface area contributed by atoms with Gasteiger partial charge in [0.15, 0.2) is 0 Å². The van der Waals surface area contributed by atoms with Gasteiger partial charge in [-0.25, -0.2) is 8.42 Å². The highest BCUT2D eigenvalue weighted by Crippen LogP contribution is 2.25. The standard InChI is InChI=1S/C22H30N2O4S/c1-6-17-11-12-18(7-2)19(13-17)15-23-22(25)16(3)24(29(5,26)27)20-9-8-10-21(14-20)28-4/h8-14,16H,6-7,15H2,1-5H3,(H,23,25)/t16-/m0/s1. The van der Waals surface area contributed by atoms with Gasteiger partial charge in [-0.15, -0.1) is 0 Å². The molecule has 1 N–H and O–H groups in total. The first-order chi connectivity index (χ1) is 13.7. The van der Waals surface area contributed by atoms with E-state index in [1.807, 2.05) is 0 Å². The van der Waals surface area contributed by atoms with Crippen LogP contribution in [0.5, 0.6) is 5.75 Å². The number of methoxy groups -OCH3 is 1. The maximum atomic E-state index is 12.8. The van der Waals surface area contributed by atoms with Crippen molar-refractivity contribution in [3.05, 3.63) is 59.2 Å². The van der Waals surface area contributed by atoms with Gasteiger partial charge in [0.25, 0.3) is 0 Å². The highest BCUT2D eigenvalue weighted by Gasteiger charge is 2.29. The summed E-state index contributed by atoms with van der Waals surface area (Å²) in [5.41, 5.74) is 3.81. The molecule has 0 bridgehead atoms. The molecule has 0 aliphatic rings. The van der Waals surface area contributed by atoms with Crippen molar-refractivity contribution in [1.82, 2.24) is 5.32 Å². The molecular weight excluding hydrogens is 388 g/mol. The molecule has 0 saturated heterocycles. The molecule has 0 spiro atoms. The second kappa shape index (κ2) is 9.78. The molecule has 0 heterocycles. The maximum absolute atomic E-state index is 12.8. The van der Waals surface area contributed by atoms with Crippen molar-refractivity contribution in [3.8, 4) is 5.75 Å². The van der Waals surface area contributed by atoms with Crippen molar-refractivity contribution in [2.24, 2.45) is 0 Å². The SMILES string of the molecule is CCc1ccc(CC)c(CNC(=O)[C@H](C)N(c2cccc(OC)c2)S(C)(=O)=O)c1. The molecule has 7 heteroatoms. The monoisotopic (exact) mass is 418 g/mol. The number of amides is 1. The maximum Gasteiger partial charge on any atom is 0.243 e. The molecule has 2 aromatic rings. The molecule has 0 saturated carbocycles. The summed E-state index contributed by atoms with van der Waals surface area (Å²) in [5.74, 6) is 0.162. The Bertz CT molecular complexity index is 957. The van der Waals surface area contributed by atoms with Crippen LogP contribution in [0.1, 0.15) is 37.5 Å². The summed E-state index contributed by atoms with van der Waals surface area (Å²) in [7, 11) is -2.17. The minimum Gasteiger partial charge on any atom is -0.497 e. The molecule has 2 rings (SSSR count). The van der Waals surface area contributed by atoms with E-state index in [-0.39, 0.29) is 5.91 Å². The van der Waals surface area contributed by atoms with Crippen LogP contribution in [0.15, 0.2) is 42.5 Å². The van der Waals surface area contributed by atoms with Crippen molar-refractivity contribution in [2.75, 3.05) is 17.7 Å². The van der Waals surface area contributed by atoms with Crippen molar-refractivity contribution >= 4 is 21.6 Å². The highest BCUT2D eigenvalue weighted by molar-refractivity contribution is 7.92. The van der Waals surface area contributed by atoms with Crippen LogP contribution in [0.25, 0.3) is 0 Å². The summed E-state index contributed by atoms with van der Waals surface area (Å²) in [5, 5.41) is 2.90. The number of hydrogen-bond acceptors (Lipinski definition) is 4. The van der Waals surface area contributed by atoms with E-state index < -0.39 is 16.1 Å². The average molecular weight is 419 g/mol. The van der Waals surface area contributed by atoms with Gasteiger partial charge in [0.05, 0.1) is 19.1 Å². The molecule has 1 atom stereocenters. The fourth-order valence-electron chi connectivity index (χ4n) is 3.30. The van der Waals surface area contributed by atoms with Gasteiger partial charge in [0, 0.05) is 12.6 Å². The number of aryl methyl sites for hydroxylation is 2. The van der Waals surface area contributed by atoms with Crippen LogP contribution in [0, 0.1) is 0 Å². The normalized spacial score (nSPS) is 12.3. The zero-order valence-electron chi connectivity index (χ0n) is 17.7. The Morgan fingerprint density at radius 2 is 1.83 bits per heavy atom. The van der Waals surface area contributed by atoms with Crippen molar-refractivity contribution < 1.29 is 17.9 Å². The molecule has 0 aromatic heterocycles. The van der Waals surface area contributed by atoms with Gasteiger partial charge in [0.1, 0.15) is 11.8 Å². The number of ether oxygens (including phenoxy) is 1. The fourth-order valence-corrected chi connectivity index (χ4v) is 4.46. The number of carbonyl (C=O) groups is 1. The number of nitrogens with one attached hydrogen (secondary N) is 1. The Kier molecular flexibility index (Phi) is 7.67. The lowest BCUT2D eigenvalue weighted by Crippen LogP contribution is -2.47. The lowest BCUT2D eigenvalue weighted by atomic mass is 10.0. The summed E-state index contributed by atoms with van der Waals surface area (Å²) in [6, 6.07) is 12.0. The molecular formula is C22H30N2O4S. The van der Waals surface area contributed by atoms with Gasteiger partial charge in [0.2, 0.25) is 15.9 Å². The van der Waals surface area contributed by atoms with Gasteiger partial charge in [-0.1, -0.05) is 38.1 Å². The van der Waals surface area contributed by atoms with E-state index in [9.17, 15) is 13.2 Å². The number of carbonyl (C=O) groups excluding carboxylic acids is 1. The first-order valence-electron chi connectivity index (χ1n) is 9.73. The predicted octanol–water partition coefficient (Wildman–Crippen LogP) is 3.29. The number of sulfonamides is 1. The van der Waals surface area contributed by atoms with Gasteiger partial charge < -0.3 is 10.1 Å². The lowest BCUT2D eigenvalue weighted by Gasteiger charge is -2.28. The second-order valence-electron chi connectivity index (χ2n) is 6.96. The van der Waals surface area contributed by atoms with Crippen LogP contribution in [-0.4, -0.2) is 33.7 Å². The molecule has 158 valence electrons. The number of nitrogens with zero attached hydrogens (tertiary/aromatic N) is 1. The van der Waals surface area contributed by atoms with Crippen LogP contribution >= 0.6 is 0 Å². The van der Waals surface area contributed by atoms with Crippen LogP contribution in [-0.2, 0) is 34.2 Å². The quantitative estimate of drug-likeness (QED) is 0.678. The zero-order valence-corrected chi connectivity index (χ0v) is 18.5. The number of hydrogen-bond donors (Lipinski definition) is 1. The average Bonchev–Trinajstić information content (AvgIpc) is 2.70. The first kappa shape index (κ1) is 22.7. The van der Waals surface area contributed by atoms with Gasteiger partial charge in [-0.3, -0.25) is 9.10 Å². The molecule has 6 nitrogen and oxygen atoms in total.